The van der Waals surface area contributed by atoms with E-state index >= 15 is 0 Å². The zero-order chi connectivity index (χ0) is 46.3. The zero-order valence-corrected chi connectivity index (χ0v) is 41.5. The highest BCUT2D eigenvalue weighted by atomic mass is 16.6. The van der Waals surface area contributed by atoms with Crippen LogP contribution < -0.4 is 0 Å². The Bertz CT molecular complexity index is 1320. The minimum absolute atomic E-state index is 0.0159. The lowest BCUT2D eigenvalue weighted by atomic mass is 10.1. The number of rotatable bonds is 46. The molecule has 0 saturated carbocycles. The molecule has 0 aliphatic carbocycles. The van der Waals surface area contributed by atoms with E-state index in [2.05, 4.69) is 130 Å². The van der Waals surface area contributed by atoms with Gasteiger partial charge in [-0.15, -0.1) is 0 Å². The fraction of sp³-hybridized carbons (Fsp3) is 0.627. The number of carbonyl (C=O) groups is 2. The second-order valence-corrected chi connectivity index (χ2v) is 16.7. The van der Waals surface area contributed by atoms with Crippen molar-refractivity contribution in [3.05, 3.63) is 122 Å². The third kappa shape index (κ3) is 50.9. The van der Waals surface area contributed by atoms with Gasteiger partial charge < -0.3 is 14.2 Å². The molecule has 0 N–H and O–H groups in total. The fourth-order valence-electron chi connectivity index (χ4n) is 6.70. The summed E-state index contributed by atoms with van der Waals surface area (Å²) in [4.78, 5) is 25.3. The first-order valence-corrected chi connectivity index (χ1v) is 26.1. The highest BCUT2D eigenvalue weighted by Gasteiger charge is 2.17. The first-order chi connectivity index (χ1) is 31.6. The first-order valence-electron chi connectivity index (χ1n) is 26.1. The van der Waals surface area contributed by atoms with E-state index in [9.17, 15) is 9.59 Å². The van der Waals surface area contributed by atoms with E-state index in [0.717, 1.165) is 89.9 Å². The molecule has 0 aliphatic heterocycles. The van der Waals surface area contributed by atoms with Crippen molar-refractivity contribution in [2.75, 3.05) is 19.8 Å². The van der Waals surface area contributed by atoms with Crippen LogP contribution in [-0.4, -0.2) is 37.9 Å². The molecule has 0 saturated heterocycles. The number of hydrogen-bond acceptors (Lipinski definition) is 5. The summed E-state index contributed by atoms with van der Waals surface area (Å²) in [6.07, 6.45) is 75.3. The number of allylic oxidation sites excluding steroid dienone is 19. The van der Waals surface area contributed by atoms with Crippen LogP contribution in [-0.2, 0) is 23.8 Å². The van der Waals surface area contributed by atoms with Crippen molar-refractivity contribution < 1.29 is 23.8 Å². The molecule has 1 atom stereocenters. The smallest absolute Gasteiger partial charge is 0.310 e. The Labute approximate surface area is 395 Å². The summed E-state index contributed by atoms with van der Waals surface area (Å²) in [7, 11) is 0. The second-order valence-electron chi connectivity index (χ2n) is 16.7. The molecule has 362 valence electrons. The van der Waals surface area contributed by atoms with Gasteiger partial charge in [-0.1, -0.05) is 219 Å². The van der Waals surface area contributed by atoms with E-state index in [1.54, 1.807) is 0 Å². The van der Waals surface area contributed by atoms with Crippen LogP contribution in [0.25, 0.3) is 0 Å². The molecule has 0 spiro atoms. The van der Waals surface area contributed by atoms with Gasteiger partial charge in [0.05, 0.1) is 13.0 Å². The van der Waals surface area contributed by atoms with Crippen LogP contribution in [0.3, 0.4) is 0 Å². The zero-order valence-electron chi connectivity index (χ0n) is 41.5. The minimum atomic E-state index is -0.627. The number of ether oxygens (including phenoxy) is 3. The summed E-state index contributed by atoms with van der Waals surface area (Å²) in [5, 5.41) is 0. The predicted molar refractivity (Wildman–Crippen MR) is 279 cm³/mol. The molecule has 0 amide bonds. The van der Waals surface area contributed by atoms with Crippen molar-refractivity contribution in [3.8, 4) is 0 Å². The molecule has 0 radical (unpaired) electrons. The Balaban J connectivity index is 4.44. The quantitative estimate of drug-likeness (QED) is 0.0346. The molecular weight excluding hydrogens is 789 g/mol. The third-order valence-electron chi connectivity index (χ3n) is 10.5. The van der Waals surface area contributed by atoms with Gasteiger partial charge in [-0.2, -0.15) is 0 Å². The maximum atomic E-state index is 12.7. The maximum Gasteiger partial charge on any atom is 0.310 e. The Morgan fingerprint density at radius 1 is 0.375 bits per heavy atom. The van der Waals surface area contributed by atoms with Crippen molar-refractivity contribution in [2.24, 2.45) is 0 Å². The summed E-state index contributed by atoms with van der Waals surface area (Å²) in [5.41, 5.74) is 0. The fourth-order valence-corrected chi connectivity index (χ4v) is 6.70. The van der Waals surface area contributed by atoms with E-state index < -0.39 is 6.10 Å². The van der Waals surface area contributed by atoms with Crippen LogP contribution in [0.1, 0.15) is 213 Å². The molecule has 0 heterocycles. The molecule has 0 aromatic carbocycles. The molecule has 0 bridgehead atoms. The molecular formula is C59H96O5. The monoisotopic (exact) mass is 885 g/mol. The average Bonchev–Trinajstić information content (AvgIpc) is 3.30. The van der Waals surface area contributed by atoms with E-state index in [4.69, 9.17) is 14.2 Å². The second kappa shape index (κ2) is 53.6. The van der Waals surface area contributed by atoms with Crippen LogP contribution >= 0.6 is 0 Å². The number of esters is 2. The Kier molecular flexibility index (Phi) is 50.5. The first kappa shape index (κ1) is 60.3. The van der Waals surface area contributed by atoms with Gasteiger partial charge in [0.1, 0.15) is 6.61 Å². The largest absolute Gasteiger partial charge is 0.462 e. The maximum absolute atomic E-state index is 12.7. The molecule has 0 aromatic heterocycles. The molecule has 5 heteroatoms. The summed E-state index contributed by atoms with van der Waals surface area (Å²) >= 11 is 0. The average molecular weight is 885 g/mol. The Hall–Kier alpha value is -3.70. The highest BCUT2D eigenvalue weighted by Crippen LogP contribution is 2.13. The van der Waals surface area contributed by atoms with Crippen molar-refractivity contribution in [1.82, 2.24) is 0 Å². The van der Waals surface area contributed by atoms with Gasteiger partial charge in [-0.3, -0.25) is 9.59 Å². The minimum Gasteiger partial charge on any atom is -0.462 e. The van der Waals surface area contributed by atoms with Gasteiger partial charge in [0, 0.05) is 13.0 Å². The van der Waals surface area contributed by atoms with E-state index in [1.807, 2.05) is 12.2 Å². The van der Waals surface area contributed by atoms with E-state index in [1.165, 1.54) is 89.9 Å². The normalized spacial score (nSPS) is 13.2. The Morgan fingerprint density at radius 2 is 0.750 bits per heavy atom. The van der Waals surface area contributed by atoms with Crippen LogP contribution in [0.5, 0.6) is 0 Å². The summed E-state index contributed by atoms with van der Waals surface area (Å²) < 4.78 is 17.2. The van der Waals surface area contributed by atoms with Gasteiger partial charge in [-0.25, -0.2) is 0 Å². The van der Waals surface area contributed by atoms with E-state index in [-0.39, 0.29) is 31.6 Å². The standard InChI is InChI=1S/C59H96O5/c1-4-7-10-13-16-19-22-25-28-29-30-31-33-34-37-40-43-46-49-52-58(60)63-56-57(55-62-54-51-48-45-42-39-36-27-24-21-18-15-12-9-6-3)64-59(61)53-50-47-44-41-38-35-32-26-23-20-17-14-11-8-5-2/h8-9,11-12,17-18,20-21,25-28,32,36,38,41-42,45,47,50,57H,4-7,10,13-16,19,22-24,29-31,33-35,37,39-40,43-44,46,48-49,51-56H2,1-3H3/b11-8-,12-9-,20-17-,21-18-,28-25-,32-26-,36-27-,41-38-,45-42-,50-47-. The van der Waals surface area contributed by atoms with Crippen LogP contribution in [0.2, 0.25) is 0 Å². The summed E-state index contributed by atoms with van der Waals surface area (Å²) in [6, 6.07) is 0. The van der Waals surface area contributed by atoms with E-state index in [0.29, 0.717) is 13.0 Å². The van der Waals surface area contributed by atoms with Crippen LogP contribution in [0.4, 0.5) is 0 Å². The van der Waals surface area contributed by atoms with Crippen molar-refractivity contribution in [1.29, 1.82) is 0 Å². The molecule has 64 heavy (non-hydrogen) atoms. The molecule has 0 aromatic rings. The number of unbranched alkanes of at least 4 members (excludes halogenated alkanes) is 16. The molecule has 0 fully saturated rings. The summed E-state index contributed by atoms with van der Waals surface area (Å²) in [5.74, 6) is -0.583. The van der Waals surface area contributed by atoms with Gasteiger partial charge in [0.15, 0.2) is 6.10 Å². The molecule has 0 aliphatic rings. The lowest BCUT2D eigenvalue weighted by Gasteiger charge is -2.18. The molecule has 5 nitrogen and oxygen atoms in total. The van der Waals surface area contributed by atoms with Gasteiger partial charge >= 0.3 is 11.9 Å². The number of carbonyl (C=O) groups excluding carboxylic acids is 2. The van der Waals surface area contributed by atoms with Crippen molar-refractivity contribution >= 4 is 11.9 Å². The van der Waals surface area contributed by atoms with Gasteiger partial charge in [0.2, 0.25) is 0 Å². The van der Waals surface area contributed by atoms with Gasteiger partial charge in [-0.05, 0) is 103 Å². The Morgan fingerprint density at radius 3 is 1.22 bits per heavy atom. The molecule has 0 rings (SSSR count). The lowest BCUT2D eigenvalue weighted by molar-refractivity contribution is -0.162. The topological polar surface area (TPSA) is 61.8 Å². The van der Waals surface area contributed by atoms with Crippen molar-refractivity contribution in [3.63, 3.8) is 0 Å². The predicted octanol–water partition coefficient (Wildman–Crippen LogP) is 17.8. The number of hydrogen-bond donors (Lipinski definition) is 0. The summed E-state index contributed by atoms with van der Waals surface area (Å²) in [6.45, 7) is 7.34. The third-order valence-corrected chi connectivity index (χ3v) is 10.5. The van der Waals surface area contributed by atoms with Crippen LogP contribution in [0.15, 0.2) is 122 Å². The highest BCUT2D eigenvalue weighted by molar-refractivity contribution is 5.71. The van der Waals surface area contributed by atoms with Gasteiger partial charge in [0.25, 0.3) is 0 Å². The lowest BCUT2D eigenvalue weighted by Crippen LogP contribution is -2.29. The van der Waals surface area contributed by atoms with Crippen LogP contribution in [0, 0.1) is 0 Å². The molecule has 1 unspecified atom stereocenters. The SMILES string of the molecule is CC/C=C\C/C=C\C/C=C\C/C=C\C/C=C\CC(=O)OC(COCCC/C=C\C/C=C\C/C=C\C/C=C\CC)COC(=O)CCCCCCCCCCC/C=C\CCCCCCCC. The van der Waals surface area contributed by atoms with Crippen molar-refractivity contribution in [2.45, 2.75) is 219 Å².